The first-order valence-corrected chi connectivity index (χ1v) is 3.72. The van der Waals surface area contributed by atoms with Gasteiger partial charge < -0.3 is 9.47 Å². The highest BCUT2D eigenvalue weighted by Gasteiger charge is 2.47. The Morgan fingerprint density at radius 2 is 2.55 bits per heavy atom. The number of ether oxygens (including phenoxy) is 2. The van der Waals surface area contributed by atoms with E-state index in [9.17, 15) is 4.79 Å². The van der Waals surface area contributed by atoms with E-state index in [1.807, 2.05) is 6.92 Å². The number of hydrogen-bond acceptors (Lipinski definition) is 3. The Bertz CT molecular complexity index is 170. The van der Waals surface area contributed by atoms with Crippen molar-refractivity contribution in [1.82, 2.24) is 0 Å². The van der Waals surface area contributed by atoms with Crippen molar-refractivity contribution in [3.05, 3.63) is 12.7 Å². The normalized spacial score (nSPS) is 27.7. The van der Waals surface area contributed by atoms with Crippen molar-refractivity contribution in [2.45, 2.75) is 25.6 Å². The maximum atomic E-state index is 10.7. The van der Waals surface area contributed by atoms with Crippen molar-refractivity contribution >= 4 is 5.97 Å². The van der Waals surface area contributed by atoms with E-state index < -0.39 is 11.8 Å². The van der Waals surface area contributed by atoms with Gasteiger partial charge in [-0.1, -0.05) is 13.5 Å². The van der Waals surface area contributed by atoms with Crippen LogP contribution in [-0.4, -0.2) is 18.4 Å². The van der Waals surface area contributed by atoms with Crippen LogP contribution in [0.2, 0.25) is 0 Å². The van der Waals surface area contributed by atoms with Crippen LogP contribution in [0.3, 0.4) is 0 Å². The molecule has 1 heterocycles. The molecule has 62 valence electrons. The molecule has 1 aliphatic heterocycles. The Hall–Kier alpha value is -0.830. The number of rotatable bonds is 4. The van der Waals surface area contributed by atoms with Crippen LogP contribution in [0.15, 0.2) is 12.7 Å². The summed E-state index contributed by atoms with van der Waals surface area (Å²) in [4.78, 5) is 10.7. The third-order valence-corrected chi connectivity index (χ3v) is 1.55. The first-order valence-electron chi connectivity index (χ1n) is 3.72. The maximum absolute atomic E-state index is 10.7. The Labute approximate surface area is 66.0 Å². The molecule has 0 radical (unpaired) electrons. The lowest BCUT2D eigenvalue weighted by atomic mass is 10.2. The zero-order valence-electron chi connectivity index (χ0n) is 6.63. The maximum Gasteiger partial charge on any atom is 0.332 e. The second-order valence-corrected chi connectivity index (χ2v) is 2.57. The lowest BCUT2D eigenvalue weighted by Crippen LogP contribution is -2.19. The SMILES string of the molecule is C=CC(=O)OC1(CCC)CO1. The molecule has 0 amide bonds. The van der Waals surface area contributed by atoms with Crippen LogP contribution < -0.4 is 0 Å². The molecule has 1 atom stereocenters. The molecule has 1 aliphatic rings. The van der Waals surface area contributed by atoms with Crippen LogP contribution in [0.1, 0.15) is 19.8 Å². The molecule has 0 spiro atoms. The highest BCUT2D eigenvalue weighted by Crippen LogP contribution is 2.33. The molecule has 0 aromatic carbocycles. The summed E-state index contributed by atoms with van der Waals surface area (Å²) in [5.74, 6) is -1.00. The molecular formula is C8H12O3. The van der Waals surface area contributed by atoms with Gasteiger partial charge in [0, 0.05) is 12.5 Å². The molecule has 0 aliphatic carbocycles. The van der Waals surface area contributed by atoms with Crippen molar-refractivity contribution in [3.63, 3.8) is 0 Å². The average Bonchev–Trinajstić information content (AvgIpc) is 2.70. The average molecular weight is 156 g/mol. The number of carbonyl (C=O) groups is 1. The summed E-state index contributed by atoms with van der Waals surface area (Å²) in [7, 11) is 0. The van der Waals surface area contributed by atoms with Crippen molar-refractivity contribution < 1.29 is 14.3 Å². The third kappa shape index (κ3) is 2.05. The van der Waals surface area contributed by atoms with E-state index in [1.165, 1.54) is 0 Å². The lowest BCUT2D eigenvalue weighted by molar-refractivity contribution is -0.153. The minimum atomic E-state index is -0.597. The van der Waals surface area contributed by atoms with Gasteiger partial charge in [-0.3, -0.25) is 0 Å². The topological polar surface area (TPSA) is 38.8 Å². The molecule has 1 fully saturated rings. The molecule has 0 aromatic heterocycles. The van der Waals surface area contributed by atoms with Gasteiger partial charge in [0.15, 0.2) is 0 Å². The predicted molar refractivity (Wildman–Crippen MR) is 39.9 cm³/mol. The first-order chi connectivity index (χ1) is 5.22. The van der Waals surface area contributed by atoms with Crippen LogP contribution in [0.5, 0.6) is 0 Å². The van der Waals surface area contributed by atoms with Crippen molar-refractivity contribution in [2.24, 2.45) is 0 Å². The quantitative estimate of drug-likeness (QED) is 0.349. The molecule has 1 saturated heterocycles. The van der Waals surface area contributed by atoms with Crippen LogP contribution in [0.25, 0.3) is 0 Å². The van der Waals surface area contributed by atoms with Gasteiger partial charge in [-0.2, -0.15) is 0 Å². The van der Waals surface area contributed by atoms with E-state index in [2.05, 4.69) is 6.58 Å². The summed E-state index contributed by atoms with van der Waals surface area (Å²) < 4.78 is 9.98. The van der Waals surface area contributed by atoms with Crippen LogP contribution >= 0.6 is 0 Å². The molecule has 0 saturated carbocycles. The second kappa shape index (κ2) is 3.05. The number of carbonyl (C=O) groups excluding carboxylic acids is 1. The summed E-state index contributed by atoms with van der Waals surface area (Å²) in [5, 5.41) is 0. The monoisotopic (exact) mass is 156 g/mol. The molecule has 0 aromatic rings. The van der Waals surface area contributed by atoms with Gasteiger partial charge in [-0.25, -0.2) is 4.79 Å². The Morgan fingerprint density at radius 3 is 2.91 bits per heavy atom. The number of esters is 1. The van der Waals surface area contributed by atoms with E-state index in [1.54, 1.807) is 0 Å². The van der Waals surface area contributed by atoms with Crippen molar-refractivity contribution in [2.75, 3.05) is 6.61 Å². The second-order valence-electron chi connectivity index (χ2n) is 2.57. The lowest BCUT2D eigenvalue weighted by Gasteiger charge is -2.09. The van der Waals surface area contributed by atoms with Gasteiger partial charge in [-0.15, -0.1) is 0 Å². The van der Waals surface area contributed by atoms with Gasteiger partial charge in [0.2, 0.25) is 5.79 Å². The number of epoxide rings is 1. The molecular weight excluding hydrogens is 144 g/mol. The Morgan fingerprint density at radius 1 is 1.91 bits per heavy atom. The molecule has 1 unspecified atom stereocenters. The standard InChI is InChI=1S/C8H12O3/c1-3-5-8(6-10-8)11-7(9)4-2/h4H,2-3,5-6H2,1H3. The van der Waals surface area contributed by atoms with Crippen molar-refractivity contribution in [3.8, 4) is 0 Å². The van der Waals surface area contributed by atoms with E-state index in [-0.39, 0.29) is 0 Å². The smallest absolute Gasteiger partial charge is 0.332 e. The van der Waals surface area contributed by atoms with Crippen molar-refractivity contribution in [1.29, 1.82) is 0 Å². The minimum absolute atomic E-state index is 0.407. The van der Waals surface area contributed by atoms with Gasteiger partial charge in [0.1, 0.15) is 6.61 Å². The molecule has 3 nitrogen and oxygen atoms in total. The zero-order chi connectivity index (χ0) is 8.32. The van der Waals surface area contributed by atoms with E-state index in [0.29, 0.717) is 6.61 Å². The van der Waals surface area contributed by atoms with Gasteiger partial charge in [0.05, 0.1) is 0 Å². The number of hydrogen-bond donors (Lipinski definition) is 0. The fourth-order valence-corrected chi connectivity index (χ4v) is 0.941. The summed E-state index contributed by atoms with van der Waals surface area (Å²) in [6.45, 7) is 5.85. The molecule has 0 bridgehead atoms. The molecule has 1 rings (SSSR count). The molecule has 0 N–H and O–H groups in total. The van der Waals surface area contributed by atoms with Crippen LogP contribution in [0, 0.1) is 0 Å². The molecule has 3 heteroatoms. The van der Waals surface area contributed by atoms with Gasteiger partial charge in [-0.05, 0) is 6.42 Å². The van der Waals surface area contributed by atoms with Gasteiger partial charge in [0.25, 0.3) is 0 Å². The van der Waals surface area contributed by atoms with Crippen LogP contribution in [-0.2, 0) is 14.3 Å². The summed E-state index contributed by atoms with van der Waals surface area (Å²) in [5.41, 5.74) is 0. The minimum Gasteiger partial charge on any atom is -0.427 e. The fraction of sp³-hybridized carbons (Fsp3) is 0.625. The largest absolute Gasteiger partial charge is 0.427 e. The van der Waals surface area contributed by atoms with E-state index in [4.69, 9.17) is 9.47 Å². The summed E-state index contributed by atoms with van der Waals surface area (Å²) in [6.07, 6.45) is 2.87. The molecule has 11 heavy (non-hydrogen) atoms. The summed E-state index contributed by atoms with van der Waals surface area (Å²) in [6, 6.07) is 0. The van der Waals surface area contributed by atoms with E-state index >= 15 is 0 Å². The zero-order valence-corrected chi connectivity index (χ0v) is 6.63. The highest BCUT2D eigenvalue weighted by atomic mass is 16.8. The Kier molecular flexibility index (Phi) is 2.29. The first kappa shape index (κ1) is 8.27. The Balaban J connectivity index is 2.34. The summed E-state index contributed by atoms with van der Waals surface area (Å²) >= 11 is 0. The third-order valence-electron chi connectivity index (χ3n) is 1.55. The highest BCUT2D eigenvalue weighted by molar-refractivity contribution is 5.81. The van der Waals surface area contributed by atoms with Crippen LogP contribution in [0.4, 0.5) is 0 Å². The fourth-order valence-electron chi connectivity index (χ4n) is 0.941. The van der Waals surface area contributed by atoms with E-state index in [0.717, 1.165) is 18.9 Å². The predicted octanol–water partition coefficient (Wildman–Crippen LogP) is 1.24. The van der Waals surface area contributed by atoms with Gasteiger partial charge >= 0.3 is 5.97 Å².